The molecule has 6 nitrogen and oxygen atoms in total. The summed E-state index contributed by atoms with van der Waals surface area (Å²) in [6, 6.07) is 7.28. The van der Waals surface area contributed by atoms with Gasteiger partial charge in [0.25, 0.3) is 5.56 Å². The first kappa shape index (κ1) is 14.9. The van der Waals surface area contributed by atoms with Crippen LogP contribution in [0.3, 0.4) is 0 Å². The third-order valence-corrected chi connectivity index (χ3v) is 5.34. The van der Waals surface area contributed by atoms with Crippen molar-refractivity contribution in [2.45, 2.75) is 26.8 Å². The molecule has 7 heteroatoms. The highest BCUT2D eigenvalue weighted by atomic mass is 32.1. The molecular weight excluding hydrogens is 326 g/mol. The van der Waals surface area contributed by atoms with Crippen molar-refractivity contribution >= 4 is 32.7 Å². The van der Waals surface area contributed by atoms with Crippen LogP contribution < -0.4 is 11.3 Å². The Balaban J connectivity index is 1.71. The maximum Gasteiger partial charge on any atom is 0.419 e. The van der Waals surface area contributed by atoms with E-state index in [0.717, 1.165) is 20.8 Å². The number of aromatic nitrogens is 3. The van der Waals surface area contributed by atoms with Crippen molar-refractivity contribution in [2.24, 2.45) is 0 Å². The van der Waals surface area contributed by atoms with Crippen molar-refractivity contribution in [2.75, 3.05) is 0 Å². The maximum absolute atomic E-state index is 12.3. The van der Waals surface area contributed by atoms with Crippen LogP contribution in [0.5, 0.6) is 0 Å². The second kappa shape index (κ2) is 5.45. The largest absolute Gasteiger partial charge is 0.419 e. The molecule has 0 saturated heterocycles. The predicted octanol–water partition coefficient (Wildman–Crippen LogP) is 2.75. The molecule has 0 bridgehead atoms. The van der Waals surface area contributed by atoms with Gasteiger partial charge in [-0.25, -0.2) is 9.78 Å². The number of aromatic amines is 1. The smallest absolute Gasteiger partial charge is 0.408 e. The van der Waals surface area contributed by atoms with Gasteiger partial charge in [-0.3, -0.25) is 9.36 Å². The number of fused-ring (bicyclic) bond motifs is 2. The predicted molar refractivity (Wildman–Crippen MR) is 93.9 cm³/mol. The van der Waals surface area contributed by atoms with Crippen LogP contribution in [0.2, 0.25) is 0 Å². The Bertz CT molecular complexity index is 1180. The Kier molecular flexibility index (Phi) is 3.38. The summed E-state index contributed by atoms with van der Waals surface area (Å²) in [5, 5.41) is 0.659. The normalized spacial score (nSPS) is 11.6. The van der Waals surface area contributed by atoms with Gasteiger partial charge in [-0.1, -0.05) is 12.1 Å². The summed E-state index contributed by atoms with van der Waals surface area (Å²) in [4.78, 5) is 33.5. The van der Waals surface area contributed by atoms with E-state index < -0.39 is 5.76 Å². The van der Waals surface area contributed by atoms with Gasteiger partial charge < -0.3 is 9.40 Å². The molecule has 4 rings (SSSR count). The molecule has 0 radical (unpaired) electrons. The van der Waals surface area contributed by atoms with Crippen LogP contribution in [0.25, 0.3) is 21.3 Å². The van der Waals surface area contributed by atoms with Gasteiger partial charge in [0, 0.05) is 17.8 Å². The summed E-state index contributed by atoms with van der Waals surface area (Å²) in [6.45, 7) is 4.31. The standard InChI is InChI=1S/C17H15N3O3S/c1-9-10(2)24-16-14(9)15(21)18-13(19-16)7-8-20-11-5-3-4-6-12(11)23-17(20)22/h3-6H,7-8H2,1-2H3,(H,18,19,21). The molecule has 0 amide bonds. The van der Waals surface area contributed by atoms with Gasteiger partial charge in [0.15, 0.2) is 5.58 Å². The van der Waals surface area contributed by atoms with Crippen LogP contribution in [0.15, 0.2) is 38.3 Å². The van der Waals surface area contributed by atoms with E-state index in [0.29, 0.717) is 29.8 Å². The highest BCUT2D eigenvalue weighted by Gasteiger charge is 2.13. The first-order chi connectivity index (χ1) is 11.5. The highest BCUT2D eigenvalue weighted by Crippen LogP contribution is 2.25. The Morgan fingerprint density at radius 1 is 1.25 bits per heavy atom. The number of benzene rings is 1. The van der Waals surface area contributed by atoms with Gasteiger partial charge in [0.1, 0.15) is 10.7 Å². The van der Waals surface area contributed by atoms with Crippen LogP contribution in [-0.2, 0) is 13.0 Å². The lowest BCUT2D eigenvalue weighted by atomic mass is 10.2. The molecule has 0 aliphatic rings. The van der Waals surface area contributed by atoms with Gasteiger partial charge >= 0.3 is 5.76 Å². The lowest BCUT2D eigenvalue weighted by Gasteiger charge is -2.03. The van der Waals surface area contributed by atoms with Gasteiger partial charge in [-0.15, -0.1) is 11.3 Å². The van der Waals surface area contributed by atoms with E-state index in [1.807, 2.05) is 32.0 Å². The average molecular weight is 341 g/mol. The van der Waals surface area contributed by atoms with Gasteiger partial charge in [0.2, 0.25) is 0 Å². The maximum atomic E-state index is 12.3. The molecule has 122 valence electrons. The number of nitrogens with one attached hydrogen (secondary N) is 1. The van der Waals surface area contributed by atoms with Crippen molar-refractivity contribution in [3.63, 3.8) is 0 Å². The molecule has 24 heavy (non-hydrogen) atoms. The Hall–Kier alpha value is -2.67. The van der Waals surface area contributed by atoms with E-state index in [2.05, 4.69) is 9.97 Å². The fraction of sp³-hybridized carbons (Fsp3) is 0.235. The topological polar surface area (TPSA) is 80.9 Å². The Labute approximate surface area is 140 Å². The van der Waals surface area contributed by atoms with Gasteiger partial charge in [-0.2, -0.15) is 0 Å². The molecule has 0 aliphatic carbocycles. The molecule has 4 aromatic rings. The minimum Gasteiger partial charge on any atom is -0.408 e. The molecule has 0 unspecified atom stereocenters. The quantitative estimate of drug-likeness (QED) is 0.621. The van der Waals surface area contributed by atoms with E-state index in [1.54, 1.807) is 10.6 Å². The van der Waals surface area contributed by atoms with Gasteiger partial charge in [0.05, 0.1) is 10.9 Å². The first-order valence-corrected chi connectivity index (χ1v) is 8.43. The molecule has 0 saturated carbocycles. The van der Waals surface area contributed by atoms with Crippen molar-refractivity contribution < 1.29 is 4.42 Å². The molecule has 3 heterocycles. The van der Waals surface area contributed by atoms with Crippen LogP contribution in [-0.4, -0.2) is 14.5 Å². The van der Waals surface area contributed by atoms with Crippen LogP contribution >= 0.6 is 11.3 Å². The number of aryl methyl sites for hydroxylation is 4. The molecule has 1 N–H and O–H groups in total. The molecule has 0 spiro atoms. The SMILES string of the molecule is Cc1sc2nc(CCn3c(=O)oc4ccccc43)[nH]c(=O)c2c1C. The van der Waals surface area contributed by atoms with Crippen molar-refractivity contribution in [3.05, 3.63) is 61.4 Å². The summed E-state index contributed by atoms with van der Waals surface area (Å²) in [5.74, 6) is 0.174. The fourth-order valence-corrected chi connectivity index (χ4v) is 3.91. The number of hydrogen-bond donors (Lipinski definition) is 1. The van der Waals surface area contributed by atoms with Gasteiger partial charge in [-0.05, 0) is 31.5 Å². The number of rotatable bonds is 3. The third-order valence-electron chi connectivity index (χ3n) is 4.23. The summed E-state index contributed by atoms with van der Waals surface area (Å²) in [7, 11) is 0. The molecule has 0 fully saturated rings. The first-order valence-electron chi connectivity index (χ1n) is 7.62. The molecular formula is C17H15N3O3S. The van der Waals surface area contributed by atoms with Crippen molar-refractivity contribution in [1.82, 2.24) is 14.5 Å². The zero-order chi connectivity index (χ0) is 16.8. The van der Waals surface area contributed by atoms with E-state index in [-0.39, 0.29) is 5.56 Å². The molecule has 0 atom stereocenters. The molecule has 1 aromatic carbocycles. The lowest BCUT2D eigenvalue weighted by molar-refractivity contribution is 0.503. The summed E-state index contributed by atoms with van der Waals surface area (Å²) in [6.07, 6.45) is 0.449. The van der Waals surface area contributed by atoms with E-state index in [4.69, 9.17) is 4.42 Å². The van der Waals surface area contributed by atoms with Crippen LogP contribution in [0.1, 0.15) is 16.3 Å². The third kappa shape index (κ3) is 2.28. The minimum absolute atomic E-state index is 0.124. The number of para-hydroxylation sites is 2. The molecule has 3 aromatic heterocycles. The minimum atomic E-state index is -0.401. The zero-order valence-electron chi connectivity index (χ0n) is 13.3. The van der Waals surface area contributed by atoms with Crippen LogP contribution in [0.4, 0.5) is 0 Å². The monoisotopic (exact) mass is 341 g/mol. The summed E-state index contributed by atoms with van der Waals surface area (Å²) in [5.41, 5.74) is 2.16. The number of hydrogen-bond acceptors (Lipinski definition) is 5. The number of nitrogens with zero attached hydrogens (tertiary/aromatic N) is 2. The van der Waals surface area contributed by atoms with Crippen LogP contribution in [0, 0.1) is 13.8 Å². The number of thiophene rings is 1. The van der Waals surface area contributed by atoms with E-state index in [9.17, 15) is 9.59 Å². The van der Waals surface area contributed by atoms with E-state index >= 15 is 0 Å². The lowest BCUT2D eigenvalue weighted by Crippen LogP contribution is -2.18. The van der Waals surface area contributed by atoms with Crippen molar-refractivity contribution in [1.29, 1.82) is 0 Å². The fourth-order valence-electron chi connectivity index (χ4n) is 2.86. The Morgan fingerprint density at radius 2 is 2.04 bits per heavy atom. The number of H-pyrrole nitrogens is 1. The average Bonchev–Trinajstić information content (AvgIpc) is 3.02. The molecule has 0 aliphatic heterocycles. The van der Waals surface area contributed by atoms with Crippen molar-refractivity contribution in [3.8, 4) is 0 Å². The Morgan fingerprint density at radius 3 is 2.88 bits per heavy atom. The zero-order valence-corrected chi connectivity index (χ0v) is 14.1. The van der Waals surface area contributed by atoms with E-state index in [1.165, 1.54) is 11.3 Å². The summed E-state index contributed by atoms with van der Waals surface area (Å²) >= 11 is 1.52. The second-order valence-electron chi connectivity index (χ2n) is 5.71. The number of oxazole rings is 1. The highest BCUT2D eigenvalue weighted by molar-refractivity contribution is 7.18. The summed E-state index contributed by atoms with van der Waals surface area (Å²) < 4.78 is 6.78. The second-order valence-corrected chi connectivity index (χ2v) is 6.92.